The molecular formula is C26H27NO5. The highest BCUT2D eigenvalue weighted by Gasteiger charge is 2.36. The predicted molar refractivity (Wildman–Crippen MR) is 123 cm³/mol. The third-order valence-corrected chi connectivity index (χ3v) is 5.77. The second-order valence-electron chi connectivity index (χ2n) is 7.89. The fourth-order valence-corrected chi connectivity index (χ4v) is 3.63. The lowest BCUT2D eigenvalue weighted by Crippen LogP contribution is -2.51. The van der Waals surface area contributed by atoms with E-state index in [9.17, 15) is 10.2 Å². The third kappa shape index (κ3) is 4.34. The molecule has 32 heavy (non-hydrogen) atoms. The van der Waals surface area contributed by atoms with E-state index in [2.05, 4.69) is 0 Å². The van der Waals surface area contributed by atoms with Crippen molar-refractivity contribution in [3.05, 3.63) is 90.0 Å². The third-order valence-electron chi connectivity index (χ3n) is 5.77. The number of furan rings is 1. The number of hydrogen-bond donors (Lipinski definition) is 3. The second kappa shape index (κ2) is 9.44. The first kappa shape index (κ1) is 21.9. The minimum atomic E-state index is -1.24. The van der Waals surface area contributed by atoms with E-state index >= 15 is 0 Å². The van der Waals surface area contributed by atoms with Crippen LogP contribution in [-0.4, -0.2) is 29.0 Å². The largest absolute Gasteiger partial charge is 0.485 e. The summed E-state index contributed by atoms with van der Waals surface area (Å²) in [7, 11) is 0. The summed E-state index contributed by atoms with van der Waals surface area (Å²) < 4.78 is 18.2. The maximum Gasteiger partial charge on any atom is 0.294 e. The van der Waals surface area contributed by atoms with Crippen LogP contribution in [0.15, 0.2) is 83.3 Å². The summed E-state index contributed by atoms with van der Waals surface area (Å²) in [6.45, 7) is 1.46. The molecule has 6 nitrogen and oxygen atoms in total. The molecule has 0 aliphatic rings. The molecule has 1 atom stereocenters. The highest BCUT2D eigenvalue weighted by molar-refractivity contribution is 5.84. The van der Waals surface area contributed by atoms with Crippen LogP contribution in [-0.2, 0) is 6.61 Å². The Balaban J connectivity index is 1.70. The minimum Gasteiger partial charge on any atom is -0.485 e. The summed E-state index contributed by atoms with van der Waals surface area (Å²) in [5.41, 5.74) is 7.42. The van der Waals surface area contributed by atoms with Gasteiger partial charge in [-0.25, -0.2) is 0 Å². The van der Waals surface area contributed by atoms with Crippen molar-refractivity contribution in [1.82, 2.24) is 0 Å². The van der Waals surface area contributed by atoms with Gasteiger partial charge in [0.05, 0.1) is 18.8 Å². The molecule has 4 aromatic rings. The number of aliphatic hydroxyl groups excluding tert-OH is 2. The molecule has 0 aliphatic heterocycles. The van der Waals surface area contributed by atoms with Gasteiger partial charge in [0.25, 0.3) is 5.95 Å². The molecule has 0 bridgehead atoms. The molecule has 4 rings (SSSR count). The van der Waals surface area contributed by atoms with Crippen LogP contribution in [0.1, 0.15) is 24.0 Å². The first-order chi connectivity index (χ1) is 15.6. The van der Waals surface area contributed by atoms with Gasteiger partial charge >= 0.3 is 0 Å². The van der Waals surface area contributed by atoms with Gasteiger partial charge in [-0.3, -0.25) is 0 Å². The van der Waals surface area contributed by atoms with Crippen LogP contribution in [0.5, 0.6) is 17.4 Å². The summed E-state index contributed by atoms with van der Waals surface area (Å²) in [4.78, 5) is 0. The van der Waals surface area contributed by atoms with Gasteiger partial charge in [0.1, 0.15) is 12.2 Å². The summed E-state index contributed by atoms with van der Waals surface area (Å²) in [5.74, 6) is 0.866. The predicted octanol–water partition coefficient (Wildman–Crippen LogP) is 4.59. The van der Waals surface area contributed by atoms with E-state index in [1.807, 2.05) is 79.7 Å². The van der Waals surface area contributed by atoms with E-state index in [1.54, 1.807) is 6.07 Å². The van der Waals surface area contributed by atoms with Gasteiger partial charge in [-0.2, -0.15) is 0 Å². The minimum absolute atomic E-state index is 0.256. The molecule has 1 heterocycles. The van der Waals surface area contributed by atoms with Crippen molar-refractivity contribution in [2.75, 3.05) is 13.2 Å². The van der Waals surface area contributed by atoms with E-state index in [1.165, 1.54) is 0 Å². The normalized spacial score (nSPS) is 12.6. The van der Waals surface area contributed by atoms with Crippen molar-refractivity contribution in [1.29, 1.82) is 0 Å². The van der Waals surface area contributed by atoms with Gasteiger partial charge in [0.2, 0.25) is 0 Å². The van der Waals surface area contributed by atoms with Gasteiger partial charge in [-0.1, -0.05) is 67.6 Å². The highest BCUT2D eigenvalue weighted by atomic mass is 16.6. The molecule has 0 saturated heterocycles. The van der Waals surface area contributed by atoms with Crippen LogP contribution in [0.4, 0.5) is 0 Å². The number of nitrogens with two attached hydrogens (primary N) is 1. The standard InChI is InChI=1S/C26H27NO5/c1-18(26(27,16-28)17-29)24-20-11-5-6-12-21(20)31-25(24)32-23-14-8-7-13-22(23)30-15-19-9-3-2-4-10-19/h2-14,18,28-29H,15-17,27H2,1H3. The Morgan fingerprint density at radius 1 is 0.875 bits per heavy atom. The van der Waals surface area contributed by atoms with Crippen molar-refractivity contribution in [2.24, 2.45) is 5.73 Å². The molecule has 0 saturated carbocycles. The Hall–Kier alpha value is -3.32. The summed E-state index contributed by atoms with van der Waals surface area (Å²) in [5, 5.41) is 20.5. The molecule has 166 valence electrons. The van der Waals surface area contributed by atoms with Crippen molar-refractivity contribution in [3.8, 4) is 17.4 Å². The van der Waals surface area contributed by atoms with Crippen molar-refractivity contribution in [3.63, 3.8) is 0 Å². The van der Waals surface area contributed by atoms with Gasteiger partial charge in [0.15, 0.2) is 11.5 Å². The molecule has 1 aromatic heterocycles. The van der Waals surface area contributed by atoms with Gasteiger partial charge in [0, 0.05) is 16.9 Å². The smallest absolute Gasteiger partial charge is 0.294 e. The average molecular weight is 434 g/mol. The van der Waals surface area contributed by atoms with Crippen molar-refractivity contribution < 1.29 is 24.1 Å². The first-order valence-electron chi connectivity index (χ1n) is 10.5. The maximum atomic E-state index is 9.85. The molecule has 4 N–H and O–H groups in total. The highest BCUT2D eigenvalue weighted by Crippen LogP contribution is 2.44. The van der Waals surface area contributed by atoms with E-state index in [-0.39, 0.29) is 19.2 Å². The first-order valence-corrected chi connectivity index (χ1v) is 10.5. The SMILES string of the molecule is CC(c1c(Oc2ccccc2OCc2ccccc2)oc2ccccc12)C(N)(CO)CO. The van der Waals surface area contributed by atoms with Crippen LogP contribution in [0.25, 0.3) is 11.0 Å². The number of hydrogen-bond acceptors (Lipinski definition) is 6. The van der Waals surface area contributed by atoms with E-state index in [0.29, 0.717) is 29.3 Å². The monoisotopic (exact) mass is 433 g/mol. The molecule has 0 fully saturated rings. The lowest BCUT2D eigenvalue weighted by molar-refractivity contribution is 0.103. The van der Waals surface area contributed by atoms with Gasteiger partial charge in [-0.05, 0) is 23.8 Å². The number of ether oxygens (including phenoxy) is 2. The Labute approximate surface area is 186 Å². The Morgan fingerprint density at radius 2 is 1.50 bits per heavy atom. The molecular weight excluding hydrogens is 406 g/mol. The summed E-state index contributed by atoms with van der Waals surface area (Å²) in [6, 6.07) is 24.7. The average Bonchev–Trinajstić information content (AvgIpc) is 3.20. The molecule has 6 heteroatoms. The topological polar surface area (TPSA) is 98.1 Å². The number of para-hydroxylation sites is 3. The van der Waals surface area contributed by atoms with Gasteiger partial charge in [-0.15, -0.1) is 0 Å². The quantitative estimate of drug-likeness (QED) is 0.357. The molecule has 0 spiro atoms. The number of rotatable bonds is 9. The number of benzene rings is 3. The van der Waals surface area contributed by atoms with Crippen LogP contribution >= 0.6 is 0 Å². The molecule has 0 amide bonds. The Kier molecular flexibility index (Phi) is 6.46. The van der Waals surface area contributed by atoms with Crippen LogP contribution in [0, 0.1) is 0 Å². The van der Waals surface area contributed by atoms with Crippen LogP contribution in [0.3, 0.4) is 0 Å². The fraction of sp³-hybridized carbons (Fsp3) is 0.231. The number of fused-ring (bicyclic) bond motifs is 1. The van der Waals surface area contributed by atoms with Crippen molar-refractivity contribution >= 4 is 11.0 Å². The maximum absolute atomic E-state index is 9.85. The lowest BCUT2D eigenvalue weighted by Gasteiger charge is -2.31. The zero-order valence-electron chi connectivity index (χ0n) is 17.9. The summed E-state index contributed by atoms with van der Waals surface area (Å²) in [6.07, 6.45) is 0. The molecule has 0 aliphatic carbocycles. The van der Waals surface area contributed by atoms with E-state index in [0.717, 1.165) is 10.9 Å². The zero-order chi connectivity index (χ0) is 22.6. The van der Waals surface area contributed by atoms with E-state index in [4.69, 9.17) is 19.6 Å². The molecule has 1 unspecified atom stereocenters. The van der Waals surface area contributed by atoms with E-state index < -0.39 is 11.5 Å². The Bertz CT molecular complexity index is 1170. The van der Waals surface area contributed by atoms with Crippen molar-refractivity contribution in [2.45, 2.75) is 25.0 Å². The van der Waals surface area contributed by atoms with Gasteiger partial charge < -0.3 is 29.8 Å². The Morgan fingerprint density at radius 3 is 2.22 bits per heavy atom. The fourth-order valence-electron chi connectivity index (χ4n) is 3.63. The molecule has 0 radical (unpaired) electrons. The number of aliphatic hydroxyl groups is 2. The van der Waals surface area contributed by atoms with Crippen LogP contribution < -0.4 is 15.2 Å². The lowest BCUT2D eigenvalue weighted by atomic mass is 9.82. The summed E-state index contributed by atoms with van der Waals surface area (Å²) >= 11 is 0. The molecule has 3 aromatic carbocycles. The second-order valence-corrected chi connectivity index (χ2v) is 7.89. The zero-order valence-corrected chi connectivity index (χ0v) is 17.9. The van der Waals surface area contributed by atoms with Crippen LogP contribution in [0.2, 0.25) is 0 Å².